The van der Waals surface area contributed by atoms with E-state index in [4.69, 9.17) is 0 Å². The van der Waals surface area contributed by atoms with Gasteiger partial charge in [-0.25, -0.2) is 0 Å². The summed E-state index contributed by atoms with van der Waals surface area (Å²) in [6.07, 6.45) is 16.3. The summed E-state index contributed by atoms with van der Waals surface area (Å²) in [7, 11) is 0. The Kier molecular flexibility index (Phi) is 8.79. The van der Waals surface area contributed by atoms with Crippen LogP contribution in [0.4, 0.5) is 0 Å². The van der Waals surface area contributed by atoms with Gasteiger partial charge in [0.05, 0.1) is 17.8 Å². The summed E-state index contributed by atoms with van der Waals surface area (Å²) in [5.41, 5.74) is 2.59. The van der Waals surface area contributed by atoms with E-state index in [-0.39, 0.29) is 12.2 Å². The van der Waals surface area contributed by atoms with Crippen LogP contribution in [0.5, 0.6) is 0 Å². The summed E-state index contributed by atoms with van der Waals surface area (Å²) in [6.45, 7) is 8.61. The summed E-state index contributed by atoms with van der Waals surface area (Å²) in [6, 6.07) is 0. The zero-order valence-corrected chi connectivity index (χ0v) is 18.7. The SMILES string of the molecule is C[C@H](CCCC(C)(C)O)CC[C@@]1(C)CCC/C(=C/C=C2C[C@@H](O)C[C@H](O)C2)C1. The third-order valence-corrected chi connectivity index (χ3v) is 6.75. The third-order valence-electron chi connectivity index (χ3n) is 6.75. The van der Waals surface area contributed by atoms with Crippen LogP contribution in [0.3, 0.4) is 0 Å². The topological polar surface area (TPSA) is 60.7 Å². The molecule has 2 saturated carbocycles. The van der Waals surface area contributed by atoms with Gasteiger partial charge in [0, 0.05) is 0 Å². The second-order valence-electron chi connectivity index (χ2n) is 10.8. The van der Waals surface area contributed by atoms with Crippen molar-refractivity contribution in [2.24, 2.45) is 11.3 Å². The predicted octanol–water partition coefficient (Wildman–Crippen LogP) is 5.68. The van der Waals surface area contributed by atoms with Crippen LogP contribution in [-0.4, -0.2) is 33.1 Å². The molecule has 0 bridgehead atoms. The molecule has 3 N–H and O–H groups in total. The van der Waals surface area contributed by atoms with Gasteiger partial charge in [-0.05, 0) is 83.0 Å². The summed E-state index contributed by atoms with van der Waals surface area (Å²) in [4.78, 5) is 0. The fourth-order valence-electron chi connectivity index (χ4n) is 4.99. The maximum atomic E-state index is 9.87. The summed E-state index contributed by atoms with van der Waals surface area (Å²) < 4.78 is 0. The zero-order chi connectivity index (χ0) is 20.8. The highest BCUT2D eigenvalue weighted by atomic mass is 16.3. The van der Waals surface area contributed by atoms with Crippen molar-refractivity contribution in [3.8, 4) is 0 Å². The number of allylic oxidation sites excluding steroid dienone is 3. The van der Waals surface area contributed by atoms with Gasteiger partial charge in [0.1, 0.15) is 0 Å². The minimum absolute atomic E-state index is 0.386. The quantitative estimate of drug-likeness (QED) is 0.498. The molecule has 0 aromatic carbocycles. The predicted molar refractivity (Wildman–Crippen MR) is 117 cm³/mol. The average molecular weight is 393 g/mol. The highest BCUT2D eigenvalue weighted by molar-refractivity contribution is 5.22. The highest BCUT2D eigenvalue weighted by Gasteiger charge is 2.29. The molecule has 3 heteroatoms. The lowest BCUT2D eigenvalue weighted by Gasteiger charge is -2.36. The van der Waals surface area contributed by atoms with Gasteiger partial charge in [0.2, 0.25) is 0 Å². The fraction of sp³-hybridized carbons (Fsp3) is 0.840. The summed E-state index contributed by atoms with van der Waals surface area (Å²) in [5, 5.41) is 29.6. The van der Waals surface area contributed by atoms with Crippen LogP contribution in [0.1, 0.15) is 105 Å². The molecule has 0 aromatic heterocycles. The van der Waals surface area contributed by atoms with Gasteiger partial charge in [0.15, 0.2) is 0 Å². The van der Waals surface area contributed by atoms with Crippen LogP contribution in [0.25, 0.3) is 0 Å². The molecule has 0 aliphatic heterocycles. The molecule has 0 saturated heterocycles. The van der Waals surface area contributed by atoms with E-state index >= 15 is 0 Å². The van der Waals surface area contributed by atoms with Gasteiger partial charge in [-0.3, -0.25) is 0 Å². The van der Waals surface area contributed by atoms with E-state index in [1.165, 1.54) is 56.1 Å². The second-order valence-corrected chi connectivity index (χ2v) is 10.8. The number of hydrogen-bond donors (Lipinski definition) is 3. The molecule has 0 amide bonds. The molecule has 2 rings (SSSR count). The van der Waals surface area contributed by atoms with Crippen molar-refractivity contribution in [1.82, 2.24) is 0 Å². The van der Waals surface area contributed by atoms with E-state index in [1.54, 1.807) is 0 Å². The van der Waals surface area contributed by atoms with Gasteiger partial charge < -0.3 is 15.3 Å². The van der Waals surface area contributed by atoms with E-state index in [0.29, 0.717) is 24.7 Å². The Morgan fingerprint density at radius 2 is 1.75 bits per heavy atom. The van der Waals surface area contributed by atoms with Crippen molar-refractivity contribution in [1.29, 1.82) is 0 Å². The Labute approximate surface area is 172 Å². The van der Waals surface area contributed by atoms with Gasteiger partial charge in [-0.2, -0.15) is 0 Å². The number of aliphatic hydroxyl groups is 3. The van der Waals surface area contributed by atoms with Crippen molar-refractivity contribution in [2.75, 3.05) is 0 Å². The monoisotopic (exact) mass is 392 g/mol. The zero-order valence-electron chi connectivity index (χ0n) is 18.7. The van der Waals surface area contributed by atoms with Crippen molar-refractivity contribution in [2.45, 2.75) is 123 Å². The molecule has 0 aromatic rings. The van der Waals surface area contributed by atoms with Crippen LogP contribution < -0.4 is 0 Å². The van der Waals surface area contributed by atoms with Crippen molar-refractivity contribution in [3.05, 3.63) is 23.3 Å². The summed E-state index contributed by atoms with van der Waals surface area (Å²) in [5.74, 6) is 0.723. The fourth-order valence-corrected chi connectivity index (χ4v) is 4.99. The minimum atomic E-state index is -0.534. The highest BCUT2D eigenvalue weighted by Crippen LogP contribution is 2.43. The van der Waals surface area contributed by atoms with Gasteiger partial charge in [-0.15, -0.1) is 0 Å². The molecule has 0 radical (unpaired) electrons. The molecule has 2 aliphatic carbocycles. The first kappa shape index (κ1) is 23.6. The Morgan fingerprint density at radius 1 is 1.11 bits per heavy atom. The van der Waals surface area contributed by atoms with Gasteiger partial charge in [0.25, 0.3) is 0 Å². The van der Waals surface area contributed by atoms with Gasteiger partial charge in [-0.1, -0.05) is 56.4 Å². The van der Waals surface area contributed by atoms with E-state index in [9.17, 15) is 15.3 Å². The van der Waals surface area contributed by atoms with Crippen LogP contribution >= 0.6 is 0 Å². The third kappa shape index (κ3) is 8.80. The molecular formula is C25H44O3. The molecule has 0 unspecified atom stereocenters. The second kappa shape index (κ2) is 10.4. The molecule has 28 heavy (non-hydrogen) atoms. The largest absolute Gasteiger partial charge is 0.393 e. The Hall–Kier alpha value is -0.640. The molecule has 162 valence electrons. The normalized spacial score (nSPS) is 31.8. The summed E-state index contributed by atoms with van der Waals surface area (Å²) >= 11 is 0. The van der Waals surface area contributed by atoms with Crippen LogP contribution in [0, 0.1) is 11.3 Å². The maximum absolute atomic E-state index is 9.87. The molecular weight excluding hydrogens is 348 g/mol. The van der Waals surface area contributed by atoms with E-state index < -0.39 is 5.60 Å². The van der Waals surface area contributed by atoms with Crippen molar-refractivity contribution in [3.63, 3.8) is 0 Å². The molecule has 2 aliphatic rings. The molecule has 4 atom stereocenters. The first-order chi connectivity index (χ1) is 13.0. The lowest BCUT2D eigenvalue weighted by Crippen LogP contribution is -2.24. The number of rotatable bonds is 8. The minimum Gasteiger partial charge on any atom is -0.393 e. The number of hydrogen-bond acceptors (Lipinski definition) is 3. The first-order valence-corrected chi connectivity index (χ1v) is 11.5. The Morgan fingerprint density at radius 3 is 2.39 bits per heavy atom. The van der Waals surface area contributed by atoms with E-state index in [1.807, 2.05) is 13.8 Å². The van der Waals surface area contributed by atoms with Crippen molar-refractivity contribution < 1.29 is 15.3 Å². The maximum Gasteiger partial charge on any atom is 0.0602 e. The first-order valence-electron chi connectivity index (χ1n) is 11.5. The molecule has 0 heterocycles. The Balaban J connectivity index is 1.82. The molecule has 2 fully saturated rings. The van der Waals surface area contributed by atoms with Crippen molar-refractivity contribution >= 4 is 0 Å². The molecule has 0 spiro atoms. The Bertz CT molecular complexity index is 530. The smallest absolute Gasteiger partial charge is 0.0602 e. The van der Waals surface area contributed by atoms with Crippen LogP contribution in [0.2, 0.25) is 0 Å². The lowest BCUT2D eigenvalue weighted by molar-refractivity contribution is 0.0609. The van der Waals surface area contributed by atoms with Gasteiger partial charge >= 0.3 is 0 Å². The van der Waals surface area contributed by atoms with Crippen LogP contribution in [-0.2, 0) is 0 Å². The van der Waals surface area contributed by atoms with E-state index in [0.717, 1.165) is 18.8 Å². The number of aliphatic hydroxyl groups excluding tert-OH is 2. The average Bonchev–Trinajstić information content (AvgIpc) is 2.57. The van der Waals surface area contributed by atoms with E-state index in [2.05, 4.69) is 26.0 Å². The standard InChI is InChI=1S/C25H44O3/c1-19(7-5-12-24(2,3)28)11-14-25(4)13-6-8-20(18-25)9-10-21-15-22(26)17-23(27)16-21/h9-10,19,22-23,26-28H,5-8,11-18H2,1-4H3/b20-9-/t19-,22-,23-,25-/m1/s1. The van der Waals surface area contributed by atoms with Crippen LogP contribution in [0.15, 0.2) is 23.3 Å². The molecule has 3 nitrogen and oxygen atoms in total. The lowest BCUT2D eigenvalue weighted by atomic mass is 9.69.